The second-order valence-electron chi connectivity index (χ2n) is 3.28. The average molecular weight is 241 g/mol. The molecule has 2 amide bonds. The van der Waals surface area contributed by atoms with Crippen molar-refractivity contribution in [1.29, 1.82) is 0 Å². The van der Waals surface area contributed by atoms with Gasteiger partial charge in [0.2, 0.25) is 0 Å². The van der Waals surface area contributed by atoms with Crippen molar-refractivity contribution in [3.8, 4) is 0 Å². The number of amides is 2. The zero-order chi connectivity index (χ0) is 12.8. The summed E-state index contributed by atoms with van der Waals surface area (Å²) < 4.78 is 4.67. The number of aliphatic carboxylic acids is 1. The van der Waals surface area contributed by atoms with Gasteiger partial charge in [0.1, 0.15) is 6.61 Å². The van der Waals surface area contributed by atoms with E-state index in [2.05, 4.69) is 4.74 Å². The first kappa shape index (κ1) is 12.9. The molecule has 0 aromatic carbocycles. The van der Waals surface area contributed by atoms with E-state index < -0.39 is 23.8 Å². The van der Waals surface area contributed by atoms with Crippen LogP contribution >= 0.6 is 0 Å². The Balaban J connectivity index is 2.20. The summed E-state index contributed by atoms with van der Waals surface area (Å²) in [5.74, 6) is -2.65. The molecule has 0 aromatic rings. The third-order valence-electron chi connectivity index (χ3n) is 2.02. The first-order valence-corrected chi connectivity index (χ1v) is 4.91. The van der Waals surface area contributed by atoms with E-state index in [0.717, 1.165) is 17.1 Å². The van der Waals surface area contributed by atoms with E-state index >= 15 is 0 Å². The lowest BCUT2D eigenvalue weighted by molar-refractivity contribution is -0.149. The molecule has 7 heteroatoms. The van der Waals surface area contributed by atoms with Crippen LogP contribution in [0.1, 0.15) is 12.8 Å². The molecule has 0 bridgehead atoms. The molecule has 0 fully saturated rings. The van der Waals surface area contributed by atoms with E-state index in [1.165, 1.54) is 0 Å². The highest BCUT2D eigenvalue weighted by atomic mass is 16.5. The van der Waals surface area contributed by atoms with Gasteiger partial charge in [0.25, 0.3) is 11.8 Å². The first-order valence-electron chi connectivity index (χ1n) is 4.91. The van der Waals surface area contributed by atoms with Gasteiger partial charge in [0.05, 0.1) is 19.4 Å². The minimum absolute atomic E-state index is 0.0243. The second-order valence-corrected chi connectivity index (χ2v) is 3.28. The fourth-order valence-corrected chi connectivity index (χ4v) is 1.18. The van der Waals surface area contributed by atoms with Crippen molar-refractivity contribution in [1.82, 2.24) is 4.90 Å². The maximum absolute atomic E-state index is 11.1. The average Bonchev–Trinajstić information content (AvgIpc) is 2.57. The topological polar surface area (TPSA) is 101 Å². The van der Waals surface area contributed by atoms with E-state index in [9.17, 15) is 19.2 Å². The molecule has 0 saturated carbocycles. The summed E-state index contributed by atoms with van der Waals surface area (Å²) in [6.07, 6.45) is 1.74. The van der Waals surface area contributed by atoms with Gasteiger partial charge in [-0.1, -0.05) is 0 Å². The molecule has 0 atom stereocenters. The molecule has 17 heavy (non-hydrogen) atoms. The molecule has 0 radical (unpaired) electrons. The van der Waals surface area contributed by atoms with Crippen LogP contribution in [0.5, 0.6) is 0 Å². The van der Waals surface area contributed by atoms with Crippen molar-refractivity contribution in [2.75, 3.05) is 13.2 Å². The molecule has 1 rings (SSSR count). The Hall–Kier alpha value is -2.18. The monoisotopic (exact) mass is 241 g/mol. The lowest BCUT2D eigenvalue weighted by atomic mass is 10.3. The number of esters is 1. The van der Waals surface area contributed by atoms with Gasteiger partial charge in [-0.05, 0) is 0 Å². The molecule has 0 aliphatic carbocycles. The number of nitrogens with zero attached hydrogens (tertiary/aromatic N) is 1. The number of ether oxygens (including phenoxy) is 1. The Kier molecular flexibility index (Phi) is 4.38. The Morgan fingerprint density at radius 2 is 1.76 bits per heavy atom. The lowest BCUT2D eigenvalue weighted by Gasteiger charge is -2.13. The van der Waals surface area contributed by atoms with E-state index in [0.29, 0.717) is 0 Å². The predicted octanol–water partition coefficient (Wildman–Crippen LogP) is -0.681. The molecule has 0 saturated heterocycles. The first-order chi connectivity index (χ1) is 8.00. The largest absolute Gasteiger partial charge is 0.481 e. The number of carbonyl (C=O) groups is 4. The minimum atomic E-state index is -1.09. The van der Waals surface area contributed by atoms with Crippen molar-refractivity contribution in [3.63, 3.8) is 0 Å². The molecule has 0 aromatic heterocycles. The number of carboxylic acid groups (broad SMARTS) is 1. The SMILES string of the molecule is O=C(O)CCC(=O)OCCN1C(=O)C=CC1=O. The van der Waals surface area contributed by atoms with Crippen LogP contribution in [-0.4, -0.2) is 46.9 Å². The van der Waals surface area contributed by atoms with Crippen LogP contribution in [0.2, 0.25) is 0 Å². The van der Waals surface area contributed by atoms with Crippen LogP contribution in [0.15, 0.2) is 12.2 Å². The van der Waals surface area contributed by atoms with Crippen molar-refractivity contribution in [2.24, 2.45) is 0 Å². The van der Waals surface area contributed by atoms with Gasteiger partial charge >= 0.3 is 11.9 Å². The summed E-state index contributed by atoms with van der Waals surface area (Å²) in [6.45, 7) is -0.152. The van der Waals surface area contributed by atoms with E-state index in [-0.39, 0.29) is 26.0 Å². The Morgan fingerprint density at radius 3 is 2.29 bits per heavy atom. The van der Waals surface area contributed by atoms with Crippen LogP contribution in [0.4, 0.5) is 0 Å². The van der Waals surface area contributed by atoms with E-state index in [1.807, 2.05) is 0 Å². The Morgan fingerprint density at radius 1 is 1.18 bits per heavy atom. The number of carboxylic acids is 1. The minimum Gasteiger partial charge on any atom is -0.481 e. The van der Waals surface area contributed by atoms with E-state index in [4.69, 9.17) is 5.11 Å². The van der Waals surface area contributed by atoms with Gasteiger partial charge in [-0.15, -0.1) is 0 Å². The van der Waals surface area contributed by atoms with Crippen LogP contribution in [0.25, 0.3) is 0 Å². The zero-order valence-corrected chi connectivity index (χ0v) is 8.92. The summed E-state index contributed by atoms with van der Waals surface area (Å²) in [4.78, 5) is 44.2. The second kappa shape index (κ2) is 5.78. The van der Waals surface area contributed by atoms with Crippen molar-refractivity contribution in [2.45, 2.75) is 12.8 Å². The predicted molar refractivity (Wildman–Crippen MR) is 53.7 cm³/mol. The highest BCUT2D eigenvalue weighted by Crippen LogP contribution is 2.03. The van der Waals surface area contributed by atoms with Crippen LogP contribution in [-0.2, 0) is 23.9 Å². The molecule has 1 heterocycles. The van der Waals surface area contributed by atoms with Gasteiger partial charge in [-0.3, -0.25) is 24.1 Å². The lowest BCUT2D eigenvalue weighted by Crippen LogP contribution is -2.33. The summed E-state index contributed by atoms with van der Waals surface area (Å²) in [6, 6.07) is 0. The third-order valence-corrected chi connectivity index (χ3v) is 2.02. The molecule has 1 N–H and O–H groups in total. The maximum Gasteiger partial charge on any atom is 0.306 e. The van der Waals surface area contributed by atoms with Gasteiger partial charge < -0.3 is 9.84 Å². The normalized spacial score (nSPS) is 14.2. The van der Waals surface area contributed by atoms with Gasteiger partial charge in [0.15, 0.2) is 0 Å². The number of carbonyl (C=O) groups excluding carboxylic acids is 3. The molecule has 0 spiro atoms. The molecular weight excluding hydrogens is 230 g/mol. The van der Waals surface area contributed by atoms with Crippen LogP contribution < -0.4 is 0 Å². The van der Waals surface area contributed by atoms with E-state index in [1.54, 1.807) is 0 Å². The zero-order valence-electron chi connectivity index (χ0n) is 8.92. The fourth-order valence-electron chi connectivity index (χ4n) is 1.18. The van der Waals surface area contributed by atoms with Crippen molar-refractivity contribution < 1.29 is 29.0 Å². The molecule has 1 aliphatic heterocycles. The van der Waals surface area contributed by atoms with Gasteiger partial charge in [-0.2, -0.15) is 0 Å². The van der Waals surface area contributed by atoms with Gasteiger partial charge in [0, 0.05) is 12.2 Å². The smallest absolute Gasteiger partial charge is 0.306 e. The van der Waals surface area contributed by atoms with Gasteiger partial charge in [-0.25, -0.2) is 0 Å². The highest BCUT2D eigenvalue weighted by molar-refractivity contribution is 6.12. The Bertz CT molecular complexity index is 368. The quantitative estimate of drug-likeness (QED) is 0.488. The Labute approximate surface area is 96.6 Å². The number of hydrogen-bond donors (Lipinski definition) is 1. The molecule has 92 valence electrons. The number of imide groups is 1. The molecule has 0 unspecified atom stereocenters. The summed E-state index contributed by atoms with van der Waals surface area (Å²) in [5, 5.41) is 8.32. The molecule has 1 aliphatic rings. The fraction of sp³-hybridized carbons (Fsp3) is 0.400. The summed E-state index contributed by atoms with van der Waals surface area (Å²) in [5.41, 5.74) is 0. The van der Waals surface area contributed by atoms with Crippen LogP contribution in [0.3, 0.4) is 0 Å². The number of hydrogen-bond acceptors (Lipinski definition) is 5. The van der Waals surface area contributed by atoms with Crippen molar-refractivity contribution >= 4 is 23.8 Å². The summed E-state index contributed by atoms with van der Waals surface area (Å²) in [7, 11) is 0. The number of rotatable bonds is 6. The molecular formula is C10H11NO6. The van der Waals surface area contributed by atoms with Crippen molar-refractivity contribution in [3.05, 3.63) is 12.2 Å². The highest BCUT2D eigenvalue weighted by Gasteiger charge is 2.23. The van der Waals surface area contributed by atoms with Crippen LogP contribution in [0, 0.1) is 0 Å². The third kappa shape index (κ3) is 4.06. The molecule has 7 nitrogen and oxygen atoms in total. The summed E-state index contributed by atoms with van der Waals surface area (Å²) >= 11 is 0. The standard InChI is InChI=1S/C10H11NO6/c12-7-1-2-8(13)11(7)5-6-17-10(16)4-3-9(14)15/h1-2H,3-6H2,(H,14,15). The maximum atomic E-state index is 11.1.